The van der Waals surface area contributed by atoms with Crippen molar-refractivity contribution in [1.29, 1.82) is 0 Å². The molecule has 0 spiro atoms. The van der Waals surface area contributed by atoms with Gasteiger partial charge in [-0.2, -0.15) is 0 Å². The predicted octanol–water partition coefficient (Wildman–Crippen LogP) is 3.96. The molecule has 0 amide bonds. The molecule has 1 rings (SSSR count). The summed E-state index contributed by atoms with van der Waals surface area (Å²) in [7, 11) is 0. The molecule has 0 aliphatic carbocycles. The summed E-state index contributed by atoms with van der Waals surface area (Å²) in [5.74, 6) is 0. The van der Waals surface area contributed by atoms with Crippen molar-refractivity contribution in [2.45, 2.75) is 40.5 Å². The van der Waals surface area contributed by atoms with E-state index in [2.05, 4.69) is 46.2 Å². The maximum atomic E-state index is 2.32. The minimum Gasteiger partial charge on any atom is -0.0654 e. The molecule has 1 aromatic rings. The molecule has 0 unspecified atom stereocenters. The Morgan fingerprint density at radius 1 is 1.08 bits per heavy atom. The van der Waals surface area contributed by atoms with Crippen LogP contribution in [0.15, 0.2) is 12.1 Å². The lowest BCUT2D eigenvalue weighted by Gasteiger charge is -2.08. The van der Waals surface area contributed by atoms with Gasteiger partial charge in [0.1, 0.15) is 0 Å². The Morgan fingerprint density at radius 3 is 2.08 bits per heavy atom. The molecule has 0 saturated heterocycles. The van der Waals surface area contributed by atoms with E-state index in [0.717, 1.165) is 0 Å². The molecule has 0 bridgehead atoms. The Bertz CT molecular complexity index is 261. The van der Waals surface area contributed by atoms with Crippen LogP contribution >= 0.6 is 0 Å². The molecule has 0 atom stereocenters. The van der Waals surface area contributed by atoms with Crippen LogP contribution in [0.4, 0.5) is 0 Å². The fraction of sp³-hybridized carbons (Fsp3) is 0.462. The van der Waals surface area contributed by atoms with E-state index in [9.17, 15) is 0 Å². The Labute approximate surface area is 82.0 Å². The van der Waals surface area contributed by atoms with Crippen molar-refractivity contribution in [1.82, 2.24) is 0 Å². The average Bonchev–Trinajstić information content (AvgIpc) is 2.10. The van der Waals surface area contributed by atoms with Crippen molar-refractivity contribution in [2.75, 3.05) is 0 Å². The van der Waals surface area contributed by atoms with Gasteiger partial charge in [-0.25, -0.2) is 0 Å². The van der Waals surface area contributed by atoms with E-state index in [-0.39, 0.29) is 0 Å². The third-order valence-electron chi connectivity index (χ3n) is 2.62. The lowest BCUT2D eigenvalue weighted by molar-refractivity contribution is 0.912. The quantitative estimate of drug-likeness (QED) is 0.652. The second kappa shape index (κ2) is 4.45. The highest BCUT2D eigenvalue weighted by molar-refractivity contribution is 5.39. The van der Waals surface area contributed by atoms with Crippen LogP contribution in [-0.2, 0) is 0 Å². The fourth-order valence-corrected chi connectivity index (χ4v) is 1.50. The van der Waals surface area contributed by atoms with E-state index in [4.69, 9.17) is 0 Å². The third kappa shape index (κ3) is 2.58. The van der Waals surface area contributed by atoms with Gasteiger partial charge in [-0.05, 0) is 55.9 Å². The van der Waals surface area contributed by atoms with Crippen molar-refractivity contribution in [3.05, 3.63) is 40.8 Å². The Morgan fingerprint density at radius 2 is 1.62 bits per heavy atom. The number of hydrogen-bond acceptors (Lipinski definition) is 0. The van der Waals surface area contributed by atoms with E-state index < -0.39 is 0 Å². The van der Waals surface area contributed by atoms with Crippen LogP contribution in [0.25, 0.3) is 0 Å². The topological polar surface area (TPSA) is 0 Å². The smallest absolute Gasteiger partial charge is 0.00930 e. The second-order valence-corrected chi connectivity index (χ2v) is 3.77. The summed E-state index contributed by atoms with van der Waals surface area (Å²) in [6, 6.07) is 4.55. The molecule has 0 aromatic heterocycles. The van der Waals surface area contributed by atoms with Gasteiger partial charge < -0.3 is 0 Å². The highest BCUT2D eigenvalue weighted by Gasteiger charge is 2.00. The summed E-state index contributed by atoms with van der Waals surface area (Å²) >= 11 is 0. The van der Waals surface area contributed by atoms with Gasteiger partial charge in [0.2, 0.25) is 0 Å². The van der Waals surface area contributed by atoms with Crippen molar-refractivity contribution < 1.29 is 0 Å². The molecule has 0 aliphatic heterocycles. The SMILES string of the molecule is CCC[CH]c1cc(C)c(C)c(C)c1. The molecule has 0 heterocycles. The summed E-state index contributed by atoms with van der Waals surface area (Å²) < 4.78 is 0. The summed E-state index contributed by atoms with van der Waals surface area (Å²) in [4.78, 5) is 0. The second-order valence-electron chi connectivity index (χ2n) is 3.77. The van der Waals surface area contributed by atoms with Crippen LogP contribution in [0.5, 0.6) is 0 Å². The molecule has 13 heavy (non-hydrogen) atoms. The van der Waals surface area contributed by atoms with Gasteiger partial charge in [0.15, 0.2) is 0 Å². The summed E-state index contributed by atoms with van der Waals surface area (Å²) in [6.45, 7) is 8.77. The van der Waals surface area contributed by atoms with Crippen LogP contribution in [0.2, 0.25) is 0 Å². The van der Waals surface area contributed by atoms with Gasteiger partial charge in [0.25, 0.3) is 0 Å². The number of hydrogen-bond donors (Lipinski definition) is 0. The molecule has 71 valence electrons. The minimum absolute atomic E-state index is 1.18. The average molecular weight is 175 g/mol. The highest BCUT2D eigenvalue weighted by atomic mass is 14.1. The van der Waals surface area contributed by atoms with Crippen LogP contribution in [0, 0.1) is 27.2 Å². The normalized spacial score (nSPS) is 10.5. The zero-order chi connectivity index (χ0) is 9.84. The van der Waals surface area contributed by atoms with E-state index in [1.54, 1.807) is 0 Å². The van der Waals surface area contributed by atoms with Gasteiger partial charge in [0, 0.05) is 0 Å². The Balaban J connectivity index is 2.86. The first-order valence-electron chi connectivity index (χ1n) is 5.06. The standard InChI is InChI=1S/C13H19/c1-5-6-7-13-8-10(2)12(4)11(3)9-13/h7-9H,5-6H2,1-4H3. The van der Waals surface area contributed by atoms with Gasteiger partial charge >= 0.3 is 0 Å². The maximum Gasteiger partial charge on any atom is -0.00930 e. The van der Waals surface area contributed by atoms with E-state index in [0.29, 0.717) is 0 Å². The molecule has 0 N–H and O–H groups in total. The van der Waals surface area contributed by atoms with E-state index >= 15 is 0 Å². The highest BCUT2D eigenvalue weighted by Crippen LogP contribution is 2.17. The van der Waals surface area contributed by atoms with Crippen LogP contribution in [-0.4, -0.2) is 0 Å². The minimum atomic E-state index is 1.18. The summed E-state index contributed by atoms with van der Waals surface area (Å²) in [6.07, 6.45) is 4.73. The number of unbranched alkanes of at least 4 members (excludes halogenated alkanes) is 1. The van der Waals surface area contributed by atoms with Crippen LogP contribution in [0.1, 0.15) is 42.0 Å². The fourth-order valence-electron chi connectivity index (χ4n) is 1.50. The maximum absolute atomic E-state index is 2.32. The molecular weight excluding hydrogens is 156 g/mol. The monoisotopic (exact) mass is 175 g/mol. The number of benzene rings is 1. The molecule has 0 aliphatic rings. The van der Waals surface area contributed by atoms with Crippen LogP contribution < -0.4 is 0 Å². The van der Waals surface area contributed by atoms with Gasteiger partial charge in [-0.1, -0.05) is 25.5 Å². The van der Waals surface area contributed by atoms with Gasteiger partial charge in [-0.15, -0.1) is 0 Å². The lowest BCUT2D eigenvalue weighted by atomic mass is 9.98. The Hall–Kier alpha value is -0.780. The van der Waals surface area contributed by atoms with E-state index in [1.807, 2.05) is 0 Å². The molecule has 0 saturated carbocycles. The zero-order valence-corrected chi connectivity index (χ0v) is 9.15. The molecule has 0 fully saturated rings. The molecule has 1 radical (unpaired) electrons. The van der Waals surface area contributed by atoms with Crippen molar-refractivity contribution in [3.8, 4) is 0 Å². The first kappa shape index (κ1) is 10.3. The third-order valence-corrected chi connectivity index (χ3v) is 2.62. The molecule has 0 heteroatoms. The first-order valence-corrected chi connectivity index (χ1v) is 5.06. The largest absolute Gasteiger partial charge is 0.0654 e. The number of rotatable bonds is 3. The van der Waals surface area contributed by atoms with Gasteiger partial charge in [0.05, 0.1) is 0 Å². The summed E-state index contributed by atoms with van der Waals surface area (Å²) in [5, 5.41) is 0. The molecule has 1 aromatic carbocycles. The molecular formula is C13H19. The Kier molecular flexibility index (Phi) is 3.53. The van der Waals surface area contributed by atoms with Crippen molar-refractivity contribution >= 4 is 0 Å². The molecule has 0 nitrogen and oxygen atoms in total. The lowest BCUT2D eigenvalue weighted by Crippen LogP contribution is -1.90. The van der Waals surface area contributed by atoms with E-state index in [1.165, 1.54) is 35.1 Å². The zero-order valence-electron chi connectivity index (χ0n) is 9.15. The number of aryl methyl sites for hydroxylation is 2. The summed E-state index contributed by atoms with van der Waals surface area (Å²) in [5.41, 5.74) is 5.61. The van der Waals surface area contributed by atoms with Gasteiger partial charge in [-0.3, -0.25) is 0 Å². The predicted molar refractivity (Wildman–Crippen MR) is 59.0 cm³/mol. The van der Waals surface area contributed by atoms with Crippen LogP contribution in [0.3, 0.4) is 0 Å². The van der Waals surface area contributed by atoms with Crippen molar-refractivity contribution in [3.63, 3.8) is 0 Å². The van der Waals surface area contributed by atoms with Crippen molar-refractivity contribution in [2.24, 2.45) is 0 Å². The first-order chi connectivity index (χ1) is 6.15.